The van der Waals surface area contributed by atoms with Crippen molar-refractivity contribution in [3.63, 3.8) is 0 Å². The summed E-state index contributed by atoms with van der Waals surface area (Å²) in [5.74, 6) is -16.8. The average molecular weight is 1270 g/mol. The van der Waals surface area contributed by atoms with Crippen LogP contribution in [-0.4, -0.2) is 188 Å². The minimum Gasteiger partial charge on any atom is -0.508 e. The van der Waals surface area contributed by atoms with Gasteiger partial charge in [0.1, 0.15) is 65.9 Å². The van der Waals surface area contributed by atoms with Gasteiger partial charge >= 0.3 is 11.9 Å². The predicted octanol–water partition coefficient (Wildman–Crippen LogP) is -2.96. The zero-order valence-electron chi connectivity index (χ0n) is 49.3. The van der Waals surface area contributed by atoms with Gasteiger partial charge in [-0.15, -0.1) is 11.8 Å². The van der Waals surface area contributed by atoms with Crippen molar-refractivity contribution in [2.24, 2.45) is 23.3 Å². The van der Waals surface area contributed by atoms with Gasteiger partial charge in [-0.2, -0.15) is 11.8 Å². The number of carbonyl (C=O) groups excluding carboxylic acids is 12. The van der Waals surface area contributed by atoms with E-state index in [2.05, 4.69) is 53.2 Å². The van der Waals surface area contributed by atoms with Gasteiger partial charge in [0, 0.05) is 31.4 Å². The molecule has 18 N–H and O–H groups in total. The highest BCUT2D eigenvalue weighted by Crippen LogP contribution is 2.17. The zero-order chi connectivity index (χ0) is 65.8. The van der Waals surface area contributed by atoms with Crippen LogP contribution in [0.5, 0.6) is 11.5 Å². The Kier molecular flexibility index (Phi) is 31.0. The van der Waals surface area contributed by atoms with Gasteiger partial charge in [0.15, 0.2) is 0 Å². The van der Waals surface area contributed by atoms with E-state index in [0.717, 1.165) is 11.8 Å². The molecule has 9 atom stereocenters. The van der Waals surface area contributed by atoms with Crippen LogP contribution in [0.3, 0.4) is 0 Å². The molecule has 1 fully saturated rings. The van der Waals surface area contributed by atoms with Crippen molar-refractivity contribution in [2.45, 2.75) is 146 Å². The van der Waals surface area contributed by atoms with Gasteiger partial charge in [-0.1, -0.05) is 52.0 Å². The third-order valence-corrected chi connectivity index (χ3v) is 15.0. The summed E-state index contributed by atoms with van der Waals surface area (Å²) in [6.45, 7) is 5.61. The molecule has 1 heterocycles. The highest BCUT2D eigenvalue weighted by atomic mass is 32.2. The number of nitrogens with two attached hydrogens (primary N) is 2. The SMILES string of the molecule is CSCC[C@@H]1NC(=O)CNC(=O)[C@H](C(C)C)NC(=O)[C@H](CC(N)=O)NC(=O)[C@H](CCC(=O)O)NC(=O)[C@H](Cc2ccc(O)cc2)NC(=O)[C@H](CC(C)C)NC(=O)[C@H](CCCC(=O)O)NC(=O)CSC[C@@H](C(N)=O)NC(=O)[C@H](Cc2ccc(O)cc2)NC1=O. The van der Waals surface area contributed by atoms with Crippen molar-refractivity contribution in [2.75, 3.05) is 30.1 Å². The van der Waals surface area contributed by atoms with E-state index < -0.39 is 181 Å². The highest BCUT2D eigenvalue weighted by molar-refractivity contribution is 8.00. The summed E-state index contributed by atoms with van der Waals surface area (Å²) in [5.41, 5.74) is 12.0. The quantitative estimate of drug-likeness (QED) is 0.0630. The van der Waals surface area contributed by atoms with Crippen LogP contribution in [0.1, 0.15) is 90.2 Å². The van der Waals surface area contributed by atoms with Crippen LogP contribution in [0.25, 0.3) is 0 Å². The van der Waals surface area contributed by atoms with Crippen LogP contribution < -0.4 is 64.6 Å². The maximum atomic E-state index is 14.4. The number of hydrogen-bond acceptors (Lipinski definition) is 18. The van der Waals surface area contributed by atoms with Crippen LogP contribution >= 0.6 is 23.5 Å². The van der Waals surface area contributed by atoms with Crippen LogP contribution in [0, 0.1) is 11.8 Å². The number of hydrogen-bond donors (Lipinski definition) is 16. The molecule has 0 bridgehead atoms. The lowest BCUT2D eigenvalue weighted by Gasteiger charge is -2.28. The molecular weight excluding hydrogens is 1190 g/mol. The molecule has 1 saturated heterocycles. The van der Waals surface area contributed by atoms with E-state index >= 15 is 0 Å². The van der Waals surface area contributed by atoms with E-state index in [9.17, 15) is 87.5 Å². The molecule has 2 aromatic rings. The van der Waals surface area contributed by atoms with Gasteiger partial charge in [0.25, 0.3) is 0 Å². The number of thioether (sulfide) groups is 2. The molecule has 0 unspecified atom stereocenters. The fourth-order valence-electron chi connectivity index (χ4n) is 8.68. The monoisotopic (exact) mass is 1270 g/mol. The van der Waals surface area contributed by atoms with Crippen LogP contribution in [-0.2, 0) is 80.0 Å². The third-order valence-electron chi connectivity index (χ3n) is 13.3. The van der Waals surface area contributed by atoms with Crippen molar-refractivity contribution in [3.05, 3.63) is 59.7 Å². The van der Waals surface area contributed by atoms with Crippen molar-refractivity contribution in [3.8, 4) is 11.5 Å². The van der Waals surface area contributed by atoms with Crippen molar-refractivity contribution in [1.29, 1.82) is 0 Å². The number of carboxylic acids is 2. The van der Waals surface area contributed by atoms with Crippen molar-refractivity contribution in [1.82, 2.24) is 53.2 Å². The number of benzene rings is 2. The summed E-state index contributed by atoms with van der Waals surface area (Å²) >= 11 is 2.09. The molecule has 0 saturated carbocycles. The first-order valence-electron chi connectivity index (χ1n) is 28.1. The van der Waals surface area contributed by atoms with E-state index in [1.54, 1.807) is 20.1 Å². The molecule has 0 aliphatic carbocycles. The second kappa shape index (κ2) is 37.1. The van der Waals surface area contributed by atoms with E-state index in [-0.39, 0.29) is 67.4 Å². The summed E-state index contributed by atoms with van der Waals surface area (Å²) in [6, 6.07) is -3.23. The molecule has 3 rings (SSSR count). The van der Waals surface area contributed by atoms with E-state index in [4.69, 9.17) is 11.5 Å². The second-order valence-corrected chi connectivity index (χ2v) is 23.5. The van der Waals surface area contributed by atoms with E-state index in [1.165, 1.54) is 74.1 Å². The van der Waals surface area contributed by atoms with Gasteiger partial charge in [0.2, 0.25) is 70.9 Å². The molecule has 1 aliphatic rings. The van der Waals surface area contributed by atoms with Gasteiger partial charge < -0.3 is 85.1 Å². The minimum absolute atomic E-state index is 0.0165. The topological polar surface area (TPSA) is 492 Å². The summed E-state index contributed by atoms with van der Waals surface area (Å²) < 4.78 is 0. The standard InChI is InChI=1S/C56H80N12O18S2/c1-28(2)21-37-52(82)65-38(22-30-9-13-32(69)14-10-30)53(83)62-35(17-18-46(76)77)50(80)66-40(24-42(57)71)55(85)68-47(29(3)4)56(86)59-25-43(72)60-36(19-20-87-5)51(81)64-39(23-31-11-15-33(70)16-12-31)54(84)67-41(48(58)78)26-88-27-44(73)61-34(49(79)63-37)7-6-8-45(74)75/h9-16,28-29,34-41,47,69-70H,6-8,17-27H2,1-5H3,(H2,57,71)(H2,58,78)(H,59,86)(H,60,72)(H,61,73)(H,62,83)(H,63,79)(H,64,81)(H,65,82)(H,66,80)(H,67,84)(H,68,85)(H,74,75)(H,76,77)/t34-,35-,36-,37-,38-,39-,40-,41-,47-/m0/s1. The molecule has 2 aromatic carbocycles. The Bertz CT molecular complexity index is 2810. The van der Waals surface area contributed by atoms with E-state index in [1.807, 2.05) is 0 Å². The Labute approximate surface area is 515 Å². The number of phenols is 2. The number of carbonyl (C=O) groups is 14. The fourth-order valence-corrected chi connectivity index (χ4v) is 10.0. The molecular formula is C56H80N12O18S2. The first-order valence-corrected chi connectivity index (χ1v) is 30.6. The molecule has 484 valence electrons. The van der Waals surface area contributed by atoms with Gasteiger partial charge in [-0.05, 0) is 91.3 Å². The Morgan fingerprint density at radius 1 is 0.545 bits per heavy atom. The Hall–Kier alpha value is -8.68. The number of aliphatic carboxylic acids is 2. The molecule has 0 spiro atoms. The Morgan fingerprint density at radius 2 is 0.989 bits per heavy atom. The number of nitrogens with one attached hydrogen (secondary N) is 10. The second-order valence-electron chi connectivity index (χ2n) is 21.5. The molecule has 32 heteroatoms. The van der Waals surface area contributed by atoms with Crippen LogP contribution in [0.4, 0.5) is 0 Å². The lowest BCUT2D eigenvalue weighted by atomic mass is 9.99. The largest absolute Gasteiger partial charge is 0.508 e. The molecule has 30 nitrogen and oxygen atoms in total. The number of carboxylic acid groups (broad SMARTS) is 2. The lowest BCUT2D eigenvalue weighted by molar-refractivity contribution is -0.139. The Morgan fingerprint density at radius 3 is 1.48 bits per heavy atom. The predicted molar refractivity (Wildman–Crippen MR) is 320 cm³/mol. The third kappa shape index (κ3) is 26.9. The highest BCUT2D eigenvalue weighted by Gasteiger charge is 2.36. The van der Waals surface area contributed by atoms with Crippen molar-refractivity contribution >= 4 is 106 Å². The van der Waals surface area contributed by atoms with Crippen molar-refractivity contribution < 1.29 is 87.5 Å². The maximum Gasteiger partial charge on any atom is 0.303 e. The van der Waals surface area contributed by atoms with E-state index in [0.29, 0.717) is 11.1 Å². The number of rotatable bonds is 20. The minimum atomic E-state index is -1.88. The molecule has 12 amide bonds. The zero-order valence-corrected chi connectivity index (χ0v) is 51.0. The van der Waals surface area contributed by atoms with Crippen LogP contribution in [0.15, 0.2) is 48.5 Å². The number of phenolic OH excluding ortho intramolecular Hbond substituents is 2. The number of aromatic hydroxyl groups is 2. The summed E-state index contributed by atoms with van der Waals surface area (Å²) in [4.78, 5) is 189. The normalized spacial score (nSPS) is 23.3. The van der Waals surface area contributed by atoms with Gasteiger partial charge in [-0.25, -0.2) is 0 Å². The lowest BCUT2D eigenvalue weighted by Crippen LogP contribution is -2.61. The van der Waals surface area contributed by atoms with Gasteiger partial charge in [0.05, 0.1) is 18.7 Å². The summed E-state index contributed by atoms with van der Waals surface area (Å²) in [6.07, 6.45) is -2.17. The Balaban J connectivity index is 2.19. The fraction of sp³-hybridized carbons (Fsp3) is 0.536. The molecule has 1 aliphatic heterocycles. The smallest absolute Gasteiger partial charge is 0.303 e. The molecule has 88 heavy (non-hydrogen) atoms. The number of primary amides is 2. The number of amides is 12. The average Bonchev–Trinajstić information content (AvgIpc) is 2.57. The van der Waals surface area contributed by atoms with Gasteiger partial charge in [-0.3, -0.25) is 67.1 Å². The molecule has 0 aromatic heterocycles. The first-order chi connectivity index (χ1) is 41.5. The summed E-state index contributed by atoms with van der Waals surface area (Å²) in [5, 5.41) is 63.8. The maximum absolute atomic E-state index is 14.4. The summed E-state index contributed by atoms with van der Waals surface area (Å²) in [7, 11) is 0. The first kappa shape index (κ1) is 73.6. The molecule has 0 radical (unpaired) electrons. The van der Waals surface area contributed by atoms with Crippen LogP contribution in [0.2, 0.25) is 0 Å².